The molecule has 21 heavy (non-hydrogen) atoms. The third-order valence-corrected chi connectivity index (χ3v) is 2.69. The van der Waals surface area contributed by atoms with Crippen molar-refractivity contribution in [3.05, 3.63) is 59.2 Å². The van der Waals surface area contributed by atoms with Gasteiger partial charge in [-0.05, 0) is 37.3 Å². The minimum Gasteiger partial charge on any atom is -0.384 e. The van der Waals surface area contributed by atoms with Crippen molar-refractivity contribution < 1.29 is 14.3 Å². The number of hydrogen-bond acceptors (Lipinski definition) is 3. The molecule has 0 fully saturated rings. The van der Waals surface area contributed by atoms with Gasteiger partial charge in [-0.2, -0.15) is 0 Å². The van der Waals surface area contributed by atoms with E-state index in [9.17, 15) is 9.18 Å². The smallest absolute Gasteiger partial charge is 0.255 e. The van der Waals surface area contributed by atoms with Gasteiger partial charge in [0.2, 0.25) is 0 Å². The number of halogens is 1. The molecule has 106 valence electrons. The largest absolute Gasteiger partial charge is 0.384 e. The van der Waals surface area contributed by atoms with Gasteiger partial charge in [0.25, 0.3) is 5.91 Å². The topological polar surface area (TPSA) is 62.2 Å². The van der Waals surface area contributed by atoms with E-state index >= 15 is 0 Å². The van der Waals surface area contributed by atoms with Crippen molar-refractivity contribution in [2.24, 2.45) is 0 Å². The summed E-state index contributed by atoms with van der Waals surface area (Å²) in [6.07, 6.45) is 1.58. The number of anilines is 1. The predicted molar refractivity (Wildman–Crippen MR) is 77.3 cm³/mol. The number of aliphatic hydroxyl groups is 1. The molecular weight excluding hydrogens is 271 g/mol. The summed E-state index contributed by atoms with van der Waals surface area (Å²) in [6, 6.07) is 7.38. The summed E-state index contributed by atoms with van der Waals surface area (Å²) >= 11 is 0. The van der Waals surface area contributed by atoms with Crippen LogP contribution in [-0.4, -0.2) is 22.6 Å². The van der Waals surface area contributed by atoms with Crippen molar-refractivity contribution in [3.8, 4) is 11.8 Å². The molecule has 0 aliphatic rings. The van der Waals surface area contributed by atoms with Gasteiger partial charge in [-0.3, -0.25) is 9.78 Å². The molecule has 0 atom stereocenters. The lowest BCUT2D eigenvalue weighted by Gasteiger charge is -2.06. The van der Waals surface area contributed by atoms with Crippen molar-refractivity contribution in [2.45, 2.75) is 6.92 Å². The van der Waals surface area contributed by atoms with Crippen molar-refractivity contribution in [2.75, 3.05) is 11.9 Å². The molecule has 5 heteroatoms. The molecule has 2 aromatic rings. The molecule has 0 aliphatic heterocycles. The van der Waals surface area contributed by atoms with Crippen LogP contribution in [0.5, 0.6) is 0 Å². The van der Waals surface area contributed by atoms with Crippen LogP contribution in [0, 0.1) is 24.6 Å². The number of aryl methyl sites for hydroxylation is 1. The Balaban J connectivity index is 2.18. The third kappa shape index (κ3) is 3.88. The van der Waals surface area contributed by atoms with Gasteiger partial charge in [0.1, 0.15) is 12.4 Å². The maximum Gasteiger partial charge on any atom is 0.255 e. The van der Waals surface area contributed by atoms with E-state index < -0.39 is 11.7 Å². The summed E-state index contributed by atoms with van der Waals surface area (Å²) in [5.41, 5.74) is 1.70. The molecule has 0 radical (unpaired) electrons. The van der Waals surface area contributed by atoms with E-state index in [4.69, 9.17) is 5.11 Å². The fourth-order valence-corrected chi connectivity index (χ4v) is 1.72. The highest BCUT2D eigenvalue weighted by Gasteiger charge is 2.09. The fourth-order valence-electron chi connectivity index (χ4n) is 1.72. The lowest BCUT2D eigenvalue weighted by atomic mass is 10.1. The molecular formula is C16H13FN2O2. The molecule has 1 amide bonds. The van der Waals surface area contributed by atoms with Crippen molar-refractivity contribution in [1.82, 2.24) is 4.98 Å². The summed E-state index contributed by atoms with van der Waals surface area (Å²) in [4.78, 5) is 16.1. The number of carbonyl (C=O) groups excluding carboxylic acids is 1. The Hall–Kier alpha value is -2.71. The van der Waals surface area contributed by atoms with Crippen LogP contribution in [0.1, 0.15) is 21.6 Å². The maximum atomic E-state index is 13.8. The first-order valence-electron chi connectivity index (χ1n) is 6.23. The number of pyridine rings is 1. The Kier molecular flexibility index (Phi) is 4.64. The number of aliphatic hydroxyl groups excluding tert-OH is 1. The monoisotopic (exact) mass is 284 g/mol. The van der Waals surface area contributed by atoms with Gasteiger partial charge in [-0.1, -0.05) is 11.8 Å². The Morgan fingerprint density at radius 2 is 2.19 bits per heavy atom. The minimum absolute atomic E-state index is 0.139. The minimum atomic E-state index is -0.602. The van der Waals surface area contributed by atoms with E-state index in [1.807, 2.05) is 6.92 Å². The Labute approximate surface area is 121 Å². The molecule has 2 N–H and O–H groups in total. The summed E-state index contributed by atoms with van der Waals surface area (Å²) in [5, 5.41) is 11.2. The number of hydrogen-bond donors (Lipinski definition) is 2. The van der Waals surface area contributed by atoms with E-state index in [2.05, 4.69) is 22.1 Å². The average Bonchev–Trinajstić information content (AvgIpc) is 2.46. The summed E-state index contributed by atoms with van der Waals surface area (Å²) in [5.74, 6) is 3.81. The summed E-state index contributed by atoms with van der Waals surface area (Å²) < 4.78 is 13.8. The average molecular weight is 284 g/mol. The Bertz CT molecular complexity index is 733. The van der Waals surface area contributed by atoms with Gasteiger partial charge in [0.05, 0.1) is 5.56 Å². The highest BCUT2D eigenvalue weighted by Crippen LogP contribution is 2.13. The number of aromatic nitrogens is 1. The van der Waals surface area contributed by atoms with Crippen LogP contribution in [-0.2, 0) is 0 Å². The van der Waals surface area contributed by atoms with E-state index in [1.165, 1.54) is 12.1 Å². The zero-order chi connectivity index (χ0) is 15.2. The highest BCUT2D eigenvalue weighted by atomic mass is 19.1. The highest BCUT2D eigenvalue weighted by molar-refractivity contribution is 6.04. The molecule has 0 aliphatic carbocycles. The third-order valence-electron chi connectivity index (χ3n) is 2.69. The molecule has 0 saturated heterocycles. The van der Waals surface area contributed by atoms with Gasteiger partial charge < -0.3 is 10.4 Å². The molecule has 1 heterocycles. The molecule has 1 aromatic heterocycles. The van der Waals surface area contributed by atoms with Gasteiger partial charge in [-0.15, -0.1) is 0 Å². The second-order valence-corrected chi connectivity index (χ2v) is 4.29. The van der Waals surface area contributed by atoms with Crippen LogP contribution >= 0.6 is 0 Å². The zero-order valence-electron chi connectivity index (χ0n) is 11.4. The van der Waals surface area contributed by atoms with E-state index in [0.717, 1.165) is 11.8 Å². The summed E-state index contributed by atoms with van der Waals surface area (Å²) in [7, 11) is 0. The molecule has 0 spiro atoms. The molecule has 2 rings (SSSR count). The first kappa shape index (κ1) is 14.7. The lowest BCUT2D eigenvalue weighted by molar-refractivity contribution is 0.102. The first-order chi connectivity index (χ1) is 10.1. The quantitative estimate of drug-likeness (QED) is 0.830. The number of nitrogens with one attached hydrogen (secondary N) is 1. The Morgan fingerprint density at radius 3 is 2.86 bits per heavy atom. The van der Waals surface area contributed by atoms with Crippen LogP contribution in [0.4, 0.5) is 10.1 Å². The fraction of sp³-hybridized carbons (Fsp3) is 0.125. The van der Waals surface area contributed by atoms with Crippen molar-refractivity contribution in [3.63, 3.8) is 0 Å². The van der Waals surface area contributed by atoms with Crippen LogP contribution in [0.3, 0.4) is 0 Å². The number of nitrogens with zero attached hydrogens (tertiary/aromatic N) is 1. The molecule has 0 unspecified atom stereocenters. The second kappa shape index (κ2) is 6.64. The SMILES string of the molecule is Cc1cc(NC(=O)c2ccc(C#CCO)c(F)c2)ccn1. The normalized spacial score (nSPS) is 9.67. The maximum absolute atomic E-state index is 13.8. The number of carbonyl (C=O) groups is 1. The molecule has 1 aromatic carbocycles. The molecule has 0 saturated carbocycles. The Morgan fingerprint density at radius 1 is 1.38 bits per heavy atom. The van der Waals surface area contributed by atoms with Crippen LogP contribution in [0.25, 0.3) is 0 Å². The first-order valence-corrected chi connectivity index (χ1v) is 6.23. The van der Waals surface area contributed by atoms with Gasteiger partial charge in [-0.25, -0.2) is 4.39 Å². The second-order valence-electron chi connectivity index (χ2n) is 4.29. The summed E-state index contributed by atoms with van der Waals surface area (Å²) in [6.45, 7) is 1.47. The van der Waals surface area contributed by atoms with Gasteiger partial charge in [0.15, 0.2) is 0 Å². The van der Waals surface area contributed by atoms with Gasteiger partial charge in [0, 0.05) is 23.1 Å². The van der Waals surface area contributed by atoms with E-state index in [-0.39, 0.29) is 17.7 Å². The lowest BCUT2D eigenvalue weighted by Crippen LogP contribution is -2.12. The zero-order valence-corrected chi connectivity index (χ0v) is 11.4. The van der Waals surface area contributed by atoms with E-state index in [0.29, 0.717) is 5.69 Å². The van der Waals surface area contributed by atoms with Crippen LogP contribution in [0.15, 0.2) is 36.5 Å². The van der Waals surface area contributed by atoms with Crippen LogP contribution in [0.2, 0.25) is 0 Å². The number of amides is 1. The van der Waals surface area contributed by atoms with Crippen LogP contribution < -0.4 is 5.32 Å². The predicted octanol–water partition coefficient (Wildman–Crippen LogP) is 2.13. The number of benzene rings is 1. The van der Waals surface area contributed by atoms with E-state index in [1.54, 1.807) is 18.3 Å². The number of rotatable bonds is 2. The van der Waals surface area contributed by atoms with Gasteiger partial charge >= 0.3 is 0 Å². The van der Waals surface area contributed by atoms with Crippen molar-refractivity contribution in [1.29, 1.82) is 0 Å². The molecule has 4 nitrogen and oxygen atoms in total. The van der Waals surface area contributed by atoms with Crippen molar-refractivity contribution >= 4 is 11.6 Å². The molecule has 0 bridgehead atoms. The standard InChI is InChI=1S/C16H13FN2O2/c1-11-9-14(6-7-18-11)19-16(21)13-5-4-12(3-2-8-20)15(17)10-13/h4-7,9-10,20H,8H2,1H3,(H,18,19,21).